The standard InChI is InChI=1S/C13H18O6S/c1-8(2)20(18,19)10-5-3-4-9(6-10)13(17)11(14)7-12(15)16/h3-6,8,11,13-14,17H,7H2,1-2H3,(H,15,16). The third kappa shape index (κ3) is 3.78. The SMILES string of the molecule is CC(C)S(=O)(=O)c1cccc(C(O)C(O)CC(=O)O)c1. The van der Waals surface area contributed by atoms with Crippen molar-refractivity contribution in [1.82, 2.24) is 0 Å². The summed E-state index contributed by atoms with van der Waals surface area (Å²) >= 11 is 0. The van der Waals surface area contributed by atoms with Gasteiger partial charge in [-0.05, 0) is 31.5 Å². The largest absolute Gasteiger partial charge is 0.481 e. The summed E-state index contributed by atoms with van der Waals surface area (Å²) in [6, 6.07) is 5.54. The molecule has 0 aliphatic carbocycles. The number of carboxylic acid groups (broad SMARTS) is 1. The lowest BCUT2D eigenvalue weighted by atomic mass is 10.0. The van der Waals surface area contributed by atoms with Gasteiger partial charge in [0.05, 0.1) is 22.7 Å². The highest BCUT2D eigenvalue weighted by molar-refractivity contribution is 7.92. The summed E-state index contributed by atoms with van der Waals surface area (Å²) in [5.74, 6) is -1.25. The van der Waals surface area contributed by atoms with Gasteiger partial charge in [-0.15, -0.1) is 0 Å². The van der Waals surface area contributed by atoms with Crippen LogP contribution in [0.4, 0.5) is 0 Å². The lowest BCUT2D eigenvalue weighted by molar-refractivity contribution is -0.141. The van der Waals surface area contributed by atoms with E-state index < -0.39 is 39.7 Å². The molecule has 0 aliphatic rings. The first kappa shape index (κ1) is 16.6. The topological polar surface area (TPSA) is 112 Å². The number of aliphatic hydroxyl groups excluding tert-OH is 2. The Morgan fingerprint density at radius 1 is 1.25 bits per heavy atom. The van der Waals surface area contributed by atoms with Crippen LogP contribution in [0.15, 0.2) is 29.2 Å². The molecule has 3 N–H and O–H groups in total. The van der Waals surface area contributed by atoms with Gasteiger partial charge in [0.15, 0.2) is 9.84 Å². The van der Waals surface area contributed by atoms with Crippen LogP contribution < -0.4 is 0 Å². The van der Waals surface area contributed by atoms with Crippen molar-refractivity contribution in [2.24, 2.45) is 0 Å². The quantitative estimate of drug-likeness (QED) is 0.714. The van der Waals surface area contributed by atoms with Gasteiger partial charge in [0, 0.05) is 0 Å². The number of rotatable bonds is 6. The average molecular weight is 302 g/mol. The third-order valence-corrected chi connectivity index (χ3v) is 5.05. The summed E-state index contributed by atoms with van der Waals surface area (Å²) in [4.78, 5) is 10.5. The highest BCUT2D eigenvalue weighted by Crippen LogP contribution is 2.23. The Balaban J connectivity index is 3.08. The maximum Gasteiger partial charge on any atom is 0.306 e. The van der Waals surface area contributed by atoms with E-state index in [0.29, 0.717) is 0 Å². The lowest BCUT2D eigenvalue weighted by Gasteiger charge is -2.17. The zero-order valence-electron chi connectivity index (χ0n) is 11.2. The number of carbonyl (C=O) groups is 1. The Hall–Kier alpha value is -1.44. The Morgan fingerprint density at radius 3 is 2.35 bits per heavy atom. The van der Waals surface area contributed by atoms with Gasteiger partial charge in [-0.3, -0.25) is 4.79 Å². The van der Waals surface area contributed by atoms with E-state index in [9.17, 15) is 23.4 Å². The predicted octanol–water partition coefficient (Wildman–Crippen LogP) is 0.738. The fourth-order valence-corrected chi connectivity index (χ4v) is 2.77. The van der Waals surface area contributed by atoms with Gasteiger partial charge in [-0.2, -0.15) is 0 Å². The minimum absolute atomic E-state index is 0.0339. The fourth-order valence-electron chi connectivity index (χ4n) is 1.66. The van der Waals surface area contributed by atoms with Crippen LogP contribution in [0.2, 0.25) is 0 Å². The van der Waals surface area contributed by atoms with Crippen molar-refractivity contribution >= 4 is 15.8 Å². The van der Waals surface area contributed by atoms with E-state index in [1.165, 1.54) is 38.1 Å². The highest BCUT2D eigenvalue weighted by Gasteiger charge is 2.24. The van der Waals surface area contributed by atoms with E-state index in [4.69, 9.17) is 5.11 Å². The molecule has 6 nitrogen and oxygen atoms in total. The fraction of sp³-hybridized carbons (Fsp3) is 0.462. The van der Waals surface area contributed by atoms with Crippen LogP contribution in [0, 0.1) is 0 Å². The normalized spacial score (nSPS) is 15.1. The summed E-state index contributed by atoms with van der Waals surface area (Å²) in [5, 5.41) is 27.4. The molecule has 0 spiro atoms. The van der Waals surface area contributed by atoms with Crippen LogP contribution >= 0.6 is 0 Å². The molecule has 0 saturated heterocycles. The Kier molecular flexibility index (Phi) is 5.27. The van der Waals surface area contributed by atoms with Crippen LogP contribution in [0.5, 0.6) is 0 Å². The summed E-state index contributed by atoms with van der Waals surface area (Å²) in [6.07, 6.45) is -3.57. The van der Waals surface area contributed by atoms with Crippen LogP contribution in [0.3, 0.4) is 0 Å². The monoisotopic (exact) mass is 302 g/mol. The van der Waals surface area contributed by atoms with E-state index in [0.717, 1.165) is 0 Å². The van der Waals surface area contributed by atoms with Crippen LogP contribution in [-0.2, 0) is 14.6 Å². The van der Waals surface area contributed by atoms with Crippen LogP contribution in [0.25, 0.3) is 0 Å². The molecule has 112 valence electrons. The molecule has 1 rings (SSSR count). The van der Waals surface area contributed by atoms with Crippen molar-refractivity contribution in [3.8, 4) is 0 Å². The summed E-state index contributed by atoms with van der Waals surface area (Å²) in [6.45, 7) is 3.08. The Morgan fingerprint density at radius 2 is 1.85 bits per heavy atom. The molecule has 0 amide bonds. The van der Waals surface area contributed by atoms with Gasteiger partial charge >= 0.3 is 5.97 Å². The molecular formula is C13H18O6S. The van der Waals surface area contributed by atoms with E-state index in [2.05, 4.69) is 0 Å². The van der Waals surface area contributed by atoms with Crippen molar-refractivity contribution in [2.75, 3.05) is 0 Å². The first-order valence-corrected chi connectivity index (χ1v) is 7.62. The molecule has 2 unspecified atom stereocenters. The molecule has 2 atom stereocenters. The number of aliphatic hydroxyl groups is 2. The number of hydrogen-bond acceptors (Lipinski definition) is 5. The zero-order chi connectivity index (χ0) is 15.5. The Bertz CT molecular complexity index is 578. The second kappa shape index (κ2) is 6.34. The second-order valence-corrected chi connectivity index (χ2v) is 7.28. The summed E-state index contributed by atoms with van der Waals surface area (Å²) in [7, 11) is -3.49. The molecule has 1 aromatic carbocycles. The predicted molar refractivity (Wildman–Crippen MR) is 72.0 cm³/mol. The van der Waals surface area contributed by atoms with E-state index in [1.54, 1.807) is 0 Å². The first-order chi connectivity index (χ1) is 9.16. The molecule has 1 aromatic rings. The second-order valence-electron chi connectivity index (χ2n) is 4.78. The van der Waals surface area contributed by atoms with Crippen LogP contribution in [-0.4, -0.2) is 41.1 Å². The molecule has 0 saturated carbocycles. The molecule has 0 heterocycles. The number of sulfone groups is 1. The van der Waals surface area contributed by atoms with Crippen molar-refractivity contribution in [3.63, 3.8) is 0 Å². The summed E-state index contributed by atoms with van der Waals surface area (Å²) < 4.78 is 24.0. The third-order valence-electron chi connectivity index (χ3n) is 2.90. The van der Waals surface area contributed by atoms with Crippen molar-refractivity contribution in [1.29, 1.82) is 0 Å². The minimum Gasteiger partial charge on any atom is -0.481 e. The number of aliphatic carboxylic acids is 1. The zero-order valence-corrected chi connectivity index (χ0v) is 12.0. The molecule has 20 heavy (non-hydrogen) atoms. The number of carboxylic acids is 1. The minimum atomic E-state index is -3.49. The van der Waals surface area contributed by atoms with Gasteiger partial charge < -0.3 is 15.3 Å². The highest BCUT2D eigenvalue weighted by atomic mass is 32.2. The van der Waals surface area contributed by atoms with E-state index >= 15 is 0 Å². The maximum absolute atomic E-state index is 12.0. The van der Waals surface area contributed by atoms with Gasteiger partial charge in [0.2, 0.25) is 0 Å². The summed E-state index contributed by atoms with van der Waals surface area (Å²) in [5.41, 5.74) is 0.167. The van der Waals surface area contributed by atoms with E-state index in [-0.39, 0.29) is 10.5 Å². The molecule has 0 radical (unpaired) electrons. The van der Waals surface area contributed by atoms with Gasteiger partial charge in [0.25, 0.3) is 0 Å². The van der Waals surface area contributed by atoms with Crippen molar-refractivity contribution < 1.29 is 28.5 Å². The molecule has 7 heteroatoms. The molecular weight excluding hydrogens is 284 g/mol. The molecule has 0 fully saturated rings. The van der Waals surface area contributed by atoms with Crippen LogP contribution in [0.1, 0.15) is 31.9 Å². The van der Waals surface area contributed by atoms with E-state index in [1.807, 2.05) is 0 Å². The smallest absolute Gasteiger partial charge is 0.306 e. The lowest BCUT2D eigenvalue weighted by Crippen LogP contribution is -2.22. The number of benzene rings is 1. The maximum atomic E-state index is 12.0. The molecule has 0 aromatic heterocycles. The van der Waals surface area contributed by atoms with Crippen molar-refractivity contribution in [3.05, 3.63) is 29.8 Å². The van der Waals surface area contributed by atoms with Gasteiger partial charge in [0.1, 0.15) is 6.10 Å². The molecule has 0 aliphatic heterocycles. The van der Waals surface area contributed by atoms with Gasteiger partial charge in [-0.1, -0.05) is 12.1 Å². The first-order valence-electron chi connectivity index (χ1n) is 6.08. The van der Waals surface area contributed by atoms with Crippen molar-refractivity contribution in [2.45, 2.75) is 42.6 Å². The average Bonchev–Trinajstić information content (AvgIpc) is 2.37. The Labute approximate surface area is 117 Å². The molecule has 0 bridgehead atoms. The van der Waals surface area contributed by atoms with Gasteiger partial charge in [-0.25, -0.2) is 8.42 Å². The number of hydrogen-bond donors (Lipinski definition) is 3.